The molecular formula is C23H28O10. The first-order chi connectivity index (χ1) is 15.4. The summed E-state index contributed by atoms with van der Waals surface area (Å²) in [6, 6.07) is 0. The van der Waals surface area contributed by atoms with Gasteiger partial charge in [0.1, 0.15) is 12.2 Å². The summed E-state index contributed by atoms with van der Waals surface area (Å²) < 4.78 is 33.2. The molecule has 3 saturated heterocycles. The molecule has 0 radical (unpaired) electrons. The van der Waals surface area contributed by atoms with Gasteiger partial charge < -0.3 is 28.4 Å². The number of epoxide rings is 2. The van der Waals surface area contributed by atoms with Gasteiger partial charge in [0.2, 0.25) is 0 Å². The number of ether oxygens (including phenoxy) is 6. The van der Waals surface area contributed by atoms with Crippen LogP contribution in [0.2, 0.25) is 0 Å². The van der Waals surface area contributed by atoms with Gasteiger partial charge in [0, 0.05) is 12.5 Å². The monoisotopic (exact) mass is 464 g/mol. The van der Waals surface area contributed by atoms with Crippen molar-refractivity contribution in [3.8, 4) is 0 Å². The molecule has 0 aromatic rings. The highest BCUT2D eigenvalue weighted by Gasteiger charge is 2.66. The van der Waals surface area contributed by atoms with Gasteiger partial charge in [0.15, 0.2) is 17.8 Å². The predicted molar refractivity (Wildman–Crippen MR) is 110 cm³/mol. The zero-order valence-electron chi connectivity index (χ0n) is 19.2. The fourth-order valence-corrected chi connectivity index (χ4v) is 4.66. The standard InChI is InChI=1S/C23H28O10/c1-10-14-16(31-21(27)23(5)11(2)32-23)15(29-12(3)24)13(20(26)28-6)8-7-9-22(4)18(33-22)17(14)30-19(10)25/h8,11,14-18H,1,7,9H2,2-6H3/t11?,14?,15?,16-,17?,18?,22-,23?/m1/s1. The molecule has 180 valence electrons. The summed E-state index contributed by atoms with van der Waals surface area (Å²) in [5.74, 6) is -3.79. The van der Waals surface area contributed by atoms with Gasteiger partial charge in [-0.2, -0.15) is 0 Å². The van der Waals surface area contributed by atoms with E-state index in [2.05, 4.69) is 6.58 Å². The van der Waals surface area contributed by atoms with Crippen molar-refractivity contribution in [1.82, 2.24) is 0 Å². The largest absolute Gasteiger partial charge is 0.466 e. The third-order valence-electron chi connectivity index (χ3n) is 6.97. The minimum atomic E-state index is -1.36. The van der Waals surface area contributed by atoms with E-state index in [0.29, 0.717) is 12.8 Å². The molecule has 0 spiro atoms. The molecule has 6 unspecified atom stereocenters. The van der Waals surface area contributed by atoms with Crippen molar-refractivity contribution in [2.45, 2.75) is 82.3 Å². The van der Waals surface area contributed by atoms with E-state index in [4.69, 9.17) is 28.4 Å². The summed E-state index contributed by atoms with van der Waals surface area (Å²) in [7, 11) is 1.19. The number of methoxy groups -OCH3 is 1. The minimum Gasteiger partial charge on any atom is -0.466 e. The van der Waals surface area contributed by atoms with Crippen LogP contribution >= 0.6 is 0 Å². The van der Waals surface area contributed by atoms with Gasteiger partial charge in [-0.05, 0) is 33.6 Å². The lowest BCUT2D eigenvalue weighted by Crippen LogP contribution is -2.49. The van der Waals surface area contributed by atoms with Crippen molar-refractivity contribution in [3.63, 3.8) is 0 Å². The molecule has 10 nitrogen and oxygen atoms in total. The van der Waals surface area contributed by atoms with Crippen LogP contribution in [0, 0.1) is 5.92 Å². The lowest BCUT2D eigenvalue weighted by molar-refractivity contribution is -0.175. The Morgan fingerprint density at radius 1 is 1.18 bits per heavy atom. The molecule has 0 aromatic heterocycles. The maximum absolute atomic E-state index is 13.1. The van der Waals surface area contributed by atoms with Crippen molar-refractivity contribution in [2.75, 3.05) is 7.11 Å². The molecule has 0 N–H and O–H groups in total. The highest BCUT2D eigenvalue weighted by molar-refractivity contribution is 5.93. The summed E-state index contributed by atoms with van der Waals surface area (Å²) in [4.78, 5) is 50.4. The van der Waals surface area contributed by atoms with E-state index in [-0.39, 0.29) is 17.3 Å². The fraction of sp³-hybridized carbons (Fsp3) is 0.652. The van der Waals surface area contributed by atoms with Gasteiger partial charge in [0.25, 0.3) is 0 Å². The van der Waals surface area contributed by atoms with Crippen LogP contribution in [0.5, 0.6) is 0 Å². The number of carbonyl (C=O) groups is 4. The molecule has 0 aromatic carbocycles. The van der Waals surface area contributed by atoms with Gasteiger partial charge >= 0.3 is 23.9 Å². The van der Waals surface area contributed by atoms with Gasteiger partial charge in [-0.25, -0.2) is 14.4 Å². The second kappa shape index (κ2) is 7.95. The lowest BCUT2D eigenvalue weighted by atomic mass is 9.80. The van der Waals surface area contributed by atoms with E-state index in [9.17, 15) is 19.2 Å². The Balaban J connectivity index is 1.82. The Morgan fingerprint density at radius 2 is 1.85 bits per heavy atom. The van der Waals surface area contributed by atoms with Crippen LogP contribution in [0.1, 0.15) is 40.5 Å². The Kier molecular flexibility index (Phi) is 5.65. The van der Waals surface area contributed by atoms with E-state index in [1.54, 1.807) is 19.9 Å². The zero-order chi connectivity index (χ0) is 24.3. The van der Waals surface area contributed by atoms with Gasteiger partial charge in [-0.15, -0.1) is 0 Å². The van der Waals surface area contributed by atoms with E-state index < -0.39 is 65.4 Å². The van der Waals surface area contributed by atoms with E-state index >= 15 is 0 Å². The van der Waals surface area contributed by atoms with Gasteiger partial charge in [-0.3, -0.25) is 4.79 Å². The normalized spacial score (nSPS) is 41.5. The number of rotatable bonds is 4. The Morgan fingerprint density at radius 3 is 2.42 bits per heavy atom. The Hall–Kier alpha value is -2.72. The maximum Gasteiger partial charge on any atom is 0.341 e. The van der Waals surface area contributed by atoms with Crippen LogP contribution in [-0.4, -0.2) is 72.7 Å². The third-order valence-corrected chi connectivity index (χ3v) is 6.97. The molecule has 4 aliphatic rings. The SMILES string of the molecule is C=C1C(=O)OC2C1[C@@H](OC(=O)C1(C)OC1C)C(OC(C)=O)C(C(=O)OC)=CCC[C@@]1(C)OC21. The van der Waals surface area contributed by atoms with E-state index in [1.807, 2.05) is 6.92 Å². The van der Waals surface area contributed by atoms with Gasteiger partial charge in [0.05, 0.1) is 30.3 Å². The minimum absolute atomic E-state index is 0.00554. The third kappa shape index (κ3) is 3.95. The van der Waals surface area contributed by atoms with Crippen LogP contribution in [0.25, 0.3) is 0 Å². The number of hydrogen-bond acceptors (Lipinski definition) is 10. The van der Waals surface area contributed by atoms with Crippen molar-refractivity contribution in [3.05, 3.63) is 23.8 Å². The molecule has 0 amide bonds. The molecule has 0 bridgehead atoms. The number of esters is 4. The average molecular weight is 464 g/mol. The first-order valence-corrected chi connectivity index (χ1v) is 10.8. The Labute approximate surface area is 191 Å². The van der Waals surface area contributed by atoms with Crippen LogP contribution in [0.3, 0.4) is 0 Å². The molecule has 4 rings (SSSR count). The zero-order valence-corrected chi connectivity index (χ0v) is 19.2. The first kappa shape index (κ1) is 23.4. The second-order valence-corrected chi connectivity index (χ2v) is 9.23. The van der Waals surface area contributed by atoms with Crippen molar-refractivity contribution < 1.29 is 47.6 Å². The quantitative estimate of drug-likeness (QED) is 0.258. The molecular weight excluding hydrogens is 436 g/mol. The molecule has 8 atom stereocenters. The molecule has 3 aliphatic heterocycles. The smallest absolute Gasteiger partial charge is 0.341 e. The summed E-state index contributed by atoms with van der Waals surface area (Å²) in [5.41, 5.74) is -1.77. The molecule has 33 heavy (non-hydrogen) atoms. The number of fused-ring (bicyclic) bond motifs is 3. The van der Waals surface area contributed by atoms with Crippen molar-refractivity contribution in [2.24, 2.45) is 5.92 Å². The topological polar surface area (TPSA) is 130 Å². The van der Waals surface area contributed by atoms with Crippen LogP contribution < -0.4 is 0 Å². The molecule has 3 heterocycles. The molecule has 3 fully saturated rings. The first-order valence-electron chi connectivity index (χ1n) is 10.8. The number of allylic oxidation sites excluding steroid dienone is 1. The summed E-state index contributed by atoms with van der Waals surface area (Å²) in [6.45, 7) is 10.2. The van der Waals surface area contributed by atoms with Crippen LogP contribution in [0.4, 0.5) is 0 Å². The van der Waals surface area contributed by atoms with E-state index in [0.717, 1.165) is 0 Å². The number of hydrogen-bond donors (Lipinski definition) is 0. The fourth-order valence-electron chi connectivity index (χ4n) is 4.66. The predicted octanol–water partition coefficient (Wildman–Crippen LogP) is 1.16. The van der Waals surface area contributed by atoms with Crippen molar-refractivity contribution >= 4 is 23.9 Å². The van der Waals surface area contributed by atoms with Crippen LogP contribution in [0.15, 0.2) is 23.8 Å². The summed E-state index contributed by atoms with van der Waals surface area (Å²) in [5, 5.41) is 0. The average Bonchev–Trinajstić information content (AvgIpc) is 3.57. The van der Waals surface area contributed by atoms with Gasteiger partial charge in [-0.1, -0.05) is 12.7 Å². The lowest BCUT2D eigenvalue weighted by Gasteiger charge is -2.34. The summed E-state index contributed by atoms with van der Waals surface area (Å²) in [6.07, 6.45) is -1.87. The highest BCUT2D eigenvalue weighted by Crippen LogP contribution is 2.51. The number of carbonyl (C=O) groups excluding carboxylic acids is 4. The highest BCUT2D eigenvalue weighted by atomic mass is 16.7. The molecule has 0 saturated carbocycles. The molecule has 1 aliphatic carbocycles. The molecule has 10 heteroatoms. The maximum atomic E-state index is 13.1. The van der Waals surface area contributed by atoms with E-state index in [1.165, 1.54) is 14.0 Å². The second-order valence-electron chi connectivity index (χ2n) is 9.23. The van der Waals surface area contributed by atoms with Crippen molar-refractivity contribution in [1.29, 1.82) is 0 Å². The van der Waals surface area contributed by atoms with Crippen LogP contribution in [-0.2, 0) is 47.6 Å². The Bertz CT molecular complexity index is 953. The summed E-state index contributed by atoms with van der Waals surface area (Å²) >= 11 is 0.